The standard InChI is InChI=1S/C18H15Cl2NO4/c19-12-1-2-14-11(7-12)8-16(25-14)18(22)21-9-10-5-13(20)17-15(6-10)23-3-4-24-17/h1-2,5-7,16H,3-4,8-9H2,(H,21,22). The minimum atomic E-state index is -0.554. The van der Waals surface area contributed by atoms with Crippen molar-refractivity contribution in [1.82, 2.24) is 5.32 Å². The molecule has 0 saturated heterocycles. The van der Waals surface area contributed by atoms with Gasteiger partial charge >= 0.3 is 0 Å². The molecule has 1 atom stereocenters. The lowest BCUT2D eigenvalue weighted by atomic mass is 10.1. The molecule has 0 radical (unpaired) electrons. The average molecular weight is 380 g/mol. The Balaban J connectivity index is 1.41. The molecule has 0 aliphatic carbocycles. The number of amides is 1. The molecular weight excluding hydrogens is 365 g/mol. The van der Waals surface area contributed by atoms with E-state index in [4.69, 9.17) is 37.4 Å². The van der Waals surface area contributed by atoms with Crippen LogP contribution < -0.4 is 19.5 Å². The molecular formula is C18H15Cl2NO4. The number of fused-ring (bicyclic) bond motifs is 2. The van der Waals surface area contributed by atoms with Gasteiger partial charge in [0.05, 0.1) is 5.02 Å². The molecule has 2 aliphatic rings. The predicted octanol–water partition coefficient (Wildman–Crippen LogP) is 3.38. The van der Waals surface area contributed by atoms with Gasteiger partial charge in [-0.2, -0.15) is 0 Å². The first-order valence-corrected chi connectivity index (χ1v) is 8.66. The van der Waals surface area contributed by atoms with Crippen LogP contribution in [-0.4, -0.2) is 25.2 Å². The van der Waals surface area contributed by atoms with E-state index in [1.165, 1.54) is 0 Å². The Labute approximate surface area is 154 Å². The van der Waals surface area contributed by atoms with E-state index < -0.39 is 6.10 Å². The van der Waals surface area contributed by atoms with Crippen molar-refractivity contribution in [1.29, 1.82) is 0 Å². The molecule has 0 fully saturated rings. The molecule has 25 heavy (non-hydrogen) atoms. The molecule has 1 amide bonds. The number of carbonyl (C=O) groups excluding carboxylic acids is 1. The molecule has 0 spiro atoms. The van der Waals surface area contributed by atoms with Crippen molar-refractivity contribution in [2.75, 3.05) is 13.2 Å². The molecule has 2 aromatic carbocycles. The van der Waals surface area contributed by atoms with Gasteiger partial charge in [-0.15, -0.1) is 0 Å². The van der Waals surface area contributed by atoms with Crippen molar-refractivity contribution < 1.29 is 19.0 Å². The topological polar surface area (TPSA) is 56.8 Å². The van der Waals surface area contributed by atoms with Crippen molar-refractivity contribution in [3.63, 3.8) is 0 Å². The summed E-state index contributed by atoms with van der Waals surface area (Å²) in [5.74, 6) is 1.67. The Morgan fingerprint density at radius 1 is 1.12 bits per heavy atom. The molecule has 0 bridgehead atoms. The van der Waals surface area contributed by atoms with Crippen molar-refractivity contribution in [2.24, 2.45) is 0 Å². The quantitative estimate of drug-likeness (QED) is 0.887. The van der Waals surface area contributed by atoms with Crippen LogP contribution in [0.4, 0.5) is 0 Å². The molecule has 0 saturated carbocycles. The minimum absolute atomic E-state index is 0.182. The van der Waals surface area contributed by atoms with Gasteiger partial charge in [-0.3, -0.25) is 4.79 Å². The van der Waals surface area contributed by atoms with Crippen molar-refractivity contribution in [3.8, 4) is 17.2 Å². The third-order valence-electron chi connectivity index (χ3n) is 4.11. The highest BCUT2D eigenvalue weighted by atomic mass is 35.5. The van der Waals surface area contributed by atoms with Crippen LogP contribution in [0.25, 0.3) is 0 Å². The zero-order valence-electron chi connectivity index (χ0n) is 13.2. The molecule has 2 heterocycles. The summed E-state index contributed by atoms with van der Waals surface area (Å²) in [4.78, 5) is 12.4. The van der Waals surface area contributed by atoms with Crippen molar-refractivity contribution in [2.45, 2.75) is 19.1 Å². The fraction of sp³-hybridized carbons (Fsp3) is 0.278. The summed E-state index contributed by atoms with van der Waals surface area (Å²) in [7, 11) is 0. The number of hydrogen-bond donors (Lipinski definition) is 1. The highest BCUT2D eigenvalue weighted by Gasteiger charge is 2.29. The van der Waals surface area contributed by atoms with Gasteiger partial charge in [0.15, 0.2) is 17.6 Å². The van der Waals surface area contributed by atoms with E-state index in [1.807, 2.05) is 12.1 Å². The second-order valence-electron chi connectivity index (χ2n) is 5.88. The highest BCUT2D eigenvalue weighted by Crippen LogP contribution is 2.38. The summed E-state index contributed by atoms with van der Waals surface area (Å²) < 4.78 is 16.7. The van der Waals surface area contributed by atoms with E-state index in [-0.39, 0.29) is 5.91 Å². The van der Waals surface area contributed by atoms with Crippen LogP contribution in [-0.2, 0) is 17.8 Å². The maximum atomic E-state index is 12.4. The van der Waals surface area contributed by atoms with E-state index in [1.54, 1.807) is 18.2 Å². The van der Waals surface area contributed by atoms with Gasteiger partial charge in [-0.05, 0) is 41.5 Å². The Morgan fingerprint density at radius 3 is 2.84 bits per heavy atom. The molecule has 1 unspecified atom stereocenters. The van der Waals surface area contributed by atoms with Crippen LogP contribution in [0.5, 0.6) is 17.2 Å². The smallest absolute Gasteiger partial charge is 0.261 e. The lowest BCUT2D eigenvalue weighted by Crippen LogP contribution is -2.37. The van der Waals surface area contributed by atoms with Gasteiger partial charge in [0.25, 0.3) is 5.91 Å². The van der Waals surface area contributed by atoms with Crippen LogP contribution in [0, 0.1) is 0 Å². The molecule has 1 N–H and O–H groups in total. The Kier molecular flexibility index (Phi) is 4.36. The molecule has 7 heteroatoms. The first-order valence-electron chi connectivity index (χ1n) is 7.91. The molecule has 2 aliphatic heterocycles. The molecule has 2 aromatic rings. The maximum Gasteiger partial charge on any atom is 0.261 e. The maximum absolute atomic E-state index is 12.4. The number of benzene rings is 2. The summed E-state index contributed by atoms with van der Waals surface area (Å²) in [6, 6.07) is 8.94. The van der Waals surface area contributed by atoms with E-state index in [9.17, 15) is 4.79 Å². The lowest BCUT2D eigenvalue weighted by molar-refractivity contribution is -0.127. The summed E-state index contributed by atoms with van der Waals surface area (Å²) in [5.41, 5.74) is 1.77. The Bertz CT molecular complexity index is 840. The molecule has 130 valence electrons. The fourth-order valence-corrected chi connectivity index (χ4v) is 3.42. The summed E-state index contributed by atoms with van der Waals surface area (Å²) in [5, 5.41) is 3.98. The van der Waals surface area contributed by atoms with Crippen molar-refractivity contribution in [3.05, 3.63) is 51.5 Å². The summed E-state index contributed by atoms with van der Waals surface area (Å²) in [6.07, 6.45) is -0.0509. The van der Waals surface area contributed by atoms with E-state index in [0.29, 0.717) is 53.5 Å². The van der Waals surface area contributed by atoms with Gasteiger partial charge in [-0.25, -0.2) is 0 Å². The Hall–Kier alpha value is -2.11. The zero-order valence-corrected chi connectivity index (χ0v) is 14.7. The second-order valence-corrected chi connectivity index (χ2v) is 6.73. The fourth-order valence-electron chi connectivity index (χ4n) is 2.93. The monoisotopic (exact) mass is 379 g/mol. The first-order chi connectivity index (χ1) is 12.1. The van der Waals surface area contributed by atoms with Gasteiger partial charge in [-0.1, -0.05) is 23.2 Å². The number of hydrogen-bond acceptors (Lipinski definition) is 4. The van der Waals surface area contributed by atoms with Crippen LogP contribution in [0.15, 0.2) is 30.3 Å². The molecule has 4 rings (SSSR count). The molecule has 0 aromatic heterocycles. The van der Waals surface area contributed by atoms with Gasteiger partial charge in [0, 0.05) is 18.0 Å². The van der Waals surface area contributed by atoms with Gasteiger partial charge in [0.2, 0.25) is 0 Å². The number of carbonyl (C=O) groups is 1. The SMILES string of the molecule is O=C(NCc1cc(Cl)c2c(c1)OCCO2)C1Cc2cc(Cl)ccc2O1. The van der Waals surface area contributed by atoms with Gasteiger partial charge in [0.1, 0.15) is 19.0 Å². The normalized spacial score (nSPS) is 17.6. The number of rotatable bonds is 3. The minimum Gasteiger partial charge on any atom is -0.486 e. The van der Waals surface area contributed by atoms with Crippen LogP contribution >= 0.6 is 23.2 Å². The number of halogens is 2. The van der Waals surface area contributed by atoms with E-state index in [0.717, 1.165) is 11.1 Å². The van der Waals surface area contributed by atoms with Crippen LogP contribution in [0.2, 0.25) is 10.0 Å². The summed E-state index contributed by atoms with van der Waals surface area (Å²) in [6.45, 7) is 1.29. The summed E-state index contributed by atoms with van der Waals surface area (Å²) >= 11 is 12.2. The molecule has 5 nitrogen and oxygen atoms in total. The van der Waals surface area contributed by atoms with Crippen molar-refractivity contribution >= 4 is 29.1 Å². The predicted molar refractivity (Wildman–Crippen MR) is 93.9 cm³/mol. The van der Waals surface area contributed by atoms with E-state index in [2.05, 4.69) is 5.32 Å². The van der Waals surface area contributed by atoms with E-state index >= 15 is 0 Å². The number of nitrogens with one attached hydrogen (secondary N) is 1. The largest absolute Gasteiger partial charge is 0.486 e. The zero-order chi connectivity index (χ0) is 17.4. The average Bonchev–Trinajstić information content (AvgIpc) is 3.03. The third kappa shape index (κ3) is 3.34. The van der Waals surface area contributed by atoms with Crippen LogP contribution in [0.1, 0.15) is 11.1 Å². The third-order valence-corrected chi connectivity index (χ3v) is 4.63. The van der Waals surface area contributed by atoms with Gasteiger partial charge < -0.3 is 19.5 Å². The highest BCUT2D eigenvalue weighted by molar-refractivity contribution is 6.32. The second kappa shape index (κ2) is 6.65. The Morgan fingerprint density at radius 2 is 1.96 bits per heavy atom. The van der Waals surface area contributed by atoms with Crippen LogP contribution in [0.3, 0.4) is 0 Å². The number of ether oxygens (including phenoxy) is 3. The lowest BCUT2D eigenvalue weighted by Gasteiger charge is -2.20. The first kappa shape index (κ1) is 16.4.